The van der Waals surface area contributed by atoms with Gasteiger partial charge in [-0.1, -0.05) is 0 Å². The standard InChI is InChI=1S/C11H10O3/c1-2-3-8-14-11(13)9-4-6-10(12)7-5-9/h1,4-7,12H,3,8H2. The Balaban J connectivity index is 2.53. The van der Waals surface area contributed by atoms with Crippen molar-refractivity contribution in [3.05, 3.63) is 29.8 Å². The maximum absolute atomic E-state index is 11.3. The van der Waals surface area contributed by atoms with Gasteiger partial charge in [0, 0.05) is 6.42 Å². The lowest BCUT2D eigenvalue weighted by atomic mass is 10.2. The first-order valence-electron chi connectivity index (χ1n) is 4.13. The van der Waals surface area contributed by atoms with Gasteiger partial charge in [-0.05, 0) is 24.3 Å². The summed E-state index contributed by atoms with van der Waals surface area (Å²) in [4.78, 5) is 11.3. The highest BCUT2D eigenvalue weighted by Crippen LogP contribution is 2.10. The lowest BCUT2D eigenvalue weighted by Gasteiger charge is -2.02. The highest BCUT2D eigenvalue weighted by molar-refractivity contribution is 5.89. The van der Waals surface area contributed by atoms with E-state index in [0.29, 0.717) is 12.0 Å². The fourth-order valence-electron chi connectivity index (χ4n) is 0.884. The number of terminal acetylenes is 1. The number of phenolic OH excluding ortho intramolecular Hbond substituents is 1. The number of hydrogen-bond donors (Lipinski definition) is 1. The Labute approximate surface area is 82.3 Å². The van der Waals surface area contributed by atoms with Gasteiger partial charge in [0.1, 0.15) is 12.4 Å². The molecule has 3 nitrogen and oxygen atoms in total. The smallest absolute Gasteiger partial charge is 0.338 e. The van der Waals surface area contributed by atoms with Crippen LogP contribution in [-0.2, 0) is 4.74 Å². The van der Waals surface area contributed by atoms with E-state index in [-0.39, 0.29) is 12.4 Å². The molecule has 0 heterocycles. The molecule has 0 unspecified atom stereocenters. The summed E-state index contributed by atoms with van der Waals surface area (Å²) in [5.41, 5.74) is 0.403. The summed E-state index contributed by atoms with van der Waals surface area (Å²) in [6.07, 6.45) is 5.41. The Bertz CT molecular complexity index is 346. The van der Waals surface area contributed by atoms with Crippen molar-refractivity contribution in [2.75, 3.05) is 6.61 Å². The molecule has 0 aliphatic carbocycles. The summed E-state index contributed by atoms with van der Waals surface area (Å²) >= 11 is 0. The van der Waals surface area contributed by atoms with Gasteiger partial charge in [0.05, 0.1) is 5.56 Å². The Morgan fingerprint density at radius 1 is 1.43 bits per heavy atom. The molecule has 0 atom stereocenters. The number of hydrogen-bond acceptors (Lipinski definition) is 3. The van der Waals surface area contributed by atoms with E-state index >= 15 is 0 Å². The minimum absolute atomic E-state index is 0.116. The molecule has 0 bridgehead atoms. The number of rotatable bonds is 3. The molecule has 0 spiro atoms. The second-order valence-electron chi connectivity index (χ2n) is 2.64. The Morgan fingerprint density at radius 2 is 2.07 bits per heavy atom. The molecule has 0 aliphatic rings. The van der Waals surface area contributed by atoms with Gasteiger partial charge >= 0.3 is 5.97 Å². The molecule has 0 aliphatic heterocycles. The van der Waals surface area contributed by atoms with Gasteiger partial charge < -0.3 is 9.84 Å². The van der Waals surface area contributed by atoms with Crippen molar-refractivity contribution in [2.24, 2.45) is 0 Å². The number of carbonyl (C=O) groups excluding carboxylic acids is 1. The first kappa shape index (κ1) is 10.1. The first-order chi connectivity index (χ1) is 6.74. The molecule has 1 rings (SSSR count). The Kier molecular flexibility index (Phi) is 3.57. The van der Waals surface area contributed by atoms with Crippen molar-refractivity contribution >= 4 is 5.97 Å². The monoisotopic (exact) mass is 190 g/mol. The van der Waals surface area contributed by atoms with Crippen molar-refractivity contribution < 1.29 is 14.6 Å². The van der Waals surface area contributed by atoms with Gasteiger partial charge in [-0.2, -0.15) is 0 Å². The van der Waals surface area contributed by atoms with Gasteiger partial charge in [0.15, 0.2) is 0 Å². The zero-order chi connectivity index (χ0) is 10.4. The van der Waals surface area contributed by atoms with Gasteiger partial charge in [-0.15, -0.1) is 12.3 Å². The molecule has 72 valence electrons. The zero-order valence-corrected chi connectivity index (χ0v) is 7.56. The number of carbonyl (C=O) groups is 1. The number of esters is 1. The van der Waals surface area contributed by atoms with E-state index in [2.05, 4.69) is 5.92 Å². The minimum atomic E-state index is -0.430. The average Bonchev–Trinajstić information content (AvgIpc) is 2.19. The SMILES string of the molecule is C#CCCOC(=O)c1ccc(O)cc1. The maximum Gasteiger partial charge on any atom is 0.338 e. The Morgan fingerprint density at radius 3 is 2.64 bits per heavy atom. The third kappa shape index (κ3) is 2.83. The first-order valence-corrected chi connectivity index (χ1v) is 4.13. The minimum Gasteiger partial charge on any atom is -0.508 e. The predicted octanol–water partition coefficient (Wildman–Crippen LogP) is 1.57. The van der Waals surface area contributed by atoms with Gasteiger partial charge in [-0.3, -0.25) is 0 Å². The van der Waals surface area contributed by atoms with Crippen molar-refractivity contribution in [2.45, 2.75) is 6.42 Å². The second-order valence-corrected chi connectivity index (χ2v) is 2.64. The third-order valence-electron chi connectivity index (χ3n) is 1.58. The Hall–Kier alpha value is -1.95. The molecule has 1 aromatic rings. The van der Waals surface area contributed by atoms with Crippen molar-refractivity contribution in [1.29, 1.82) is 0 Å². The van der Waals surface area contributed by atoms with E-state index in [1.807, 2.05) is 0 Å². The molecule has 0 saturated carbocycles. The summed E-state index contributed by atoms with van der Waals surface area (Å²) in [6.45, 7) is 0.218. The van der Waals surface area contributed by atoms with Crippen LogP contribution in [0.2, 0.25) is 0 Å². The molecule has 3 heteroatoms. The van der Waals surface area contributed by atoms with Crippen LogP contribution in [-0.4, -0.2) is 17.7 Å². The third-order valence-corrected chi connectivity index (χ3v) is 1.58. The van der Waals surface area contributed by atoms with Crippen LogP contribution in [0.1, 0.15) is 16.8 Å². The molecule has 0 aromatic heterocycles. The summed E-state index contributed by atoms with van der Waals surface area (Å²) in [7, 11) is 0. The quantitative estimate of drug-likeness (QED) is 0.447. The topological polar surface area (TPSA) is 46.5 Å². The fraction of sp³-hybridized carbons (Fsp3) is 0.182. The lowest BCUT2D eigenvalue weighted by Crippen LogP contribution is -2.05. The van der Waals surface area contributed by atoms with E-state index in [0.717, 1.165) is 0 Å². The molecule has 1 aromatic carbocycles. The maximum atomic E-state index is 11.3. The highest BCUT2D eigenvalue weighted by atomic mass is 16.5. The van der Waals surface area contributed by atoms with Crippen LogP contribution in [0.25, 0.3) is 0 Å². The molecular formula is C11H10O3. The summed E-state index contributed by atoms with van der Waals surface area (Å²) in [6, 6.07) is 5.84. The molecule has 1 N–H and O–H groups in total. The zero-order valence-electron chi connectivity index (χ0n) is 7.56. The lowest BCUT2D eigenvalue weighted by molar-refractivity contribution is 0.0513. The van der Waals surface area contributed by atoms with Crippen LogP contribution >= 0.6 is 0 Å². The van der Waals surface area contributed by atoms with E-state index in [4.69, 9.17) is 16.3 Å². The summed E-state index contributed by atoms with van der Waals surface area (Å²) in [5, 5.41) is 8.97. The van der Waals surface area contributed by atoms with Gasteiger partial charge in [0.25, 0.3) is 0 Å². The molecule has 14 heavy (non-hydrogen) atoms. The number of ether oxygens (including phenoxy) is 1. The fourth-order valence-corrected chi connectivity index (χ4v) is 0.884. The number of benzene rings is 1. The van der Waals surface area contributed by atoms with Crippen molar-refractivity contribution in [1.82, 2.24) is 0 Å². The summed E-state index contributed by atoms with van der Waals surface area (Å²) in [5.74, 6) is 2.05. The van der Waals surface area contributed by atoms with Crippen LogP contribution in [0.3, 0.4) is 0 Å². The largest absolute Gasteiger partial charge is 0.508 e. The van der Waals surface area contributed by atoms with E-state index in [9.17, 15) is 4.79 Å². The molecule has 0 saturated heterocycles. The van der Waals surface area contributed by atoms with Gasteiger partial charge in [-0.25, -0.2) is 4.79 Å². The predicted molar refractivity (Wildman–Crippen MR) is 51.8 cm³/mol. The number of phenols is 1. The van der Waals surface area contributed by atoms with Crippen LogP contribution in [0.4, 0.5) is 0 Å². The number of aromatic hydroxyl groups is 1. The van der Waals surface area contributed by atoms with E-state index in [1.54, 1.807) is 0 Å². The van der Waals surface area contributed by atoms with Crippen molar-refractivity contribution in [3.8, 4) is 18.1 Å². The second kappa shape index (κ2) is 4.93. The molecule has 0 radical (unpaired) electrons. The van der Waals surface area contributed by atoms with Crippen LogP contribution < -0.4 is 0 Å². The highest BCUT2D eigenvalue weighted by Gasteiger charge is 2.05. The van der Waals surface area contributed by atoms with Crippen LogP contribution in [0.5, 0.6) is 5.75 Å². The van der Waals surface area contributed by atoms with Crippen LogP contribution in [0.15, 0.2) is 24.3 Å². The van der Waals surface area contributed by atoms with E-state index < -0.39 is 5.97 Å². The molecule has 0 amide bonds. The van der Waals surface area contributed by atoms with Crippen LogP contribution in [0, 0.1) is 12.3 Å². The van der Waals surface area contributed by atoms with Crippen molar-refractivity contribution in [3.63, 3.8) is 0 Å². The normalized spacial score (nSPS) is 9.07. The summed E-state index contributed by atoms with van der Waals surface area (Å²) < 4.78 is 4.85. The molecule has 0 fully saturated rings. The van der Waals surface area contributed by atoms with Gasteiger partial charge in [0.2, 0.25) is 0 Å². The molecular weight excluding hydrogens is 180 g/mol. The van der Waals surface area contributed by atoms with E-state index in [1.165, 1.54) is 24.3 Å². The average molecular weight is 190 g/mol.